The van der Waals surface area contributed by atoms with Gasteiger partial charge in [-0.2, -0.15) is 5.10 Å². The summed E-state index contributed by atoms with van der Waals surface area (Å²) >= 11 is 0. The smallest absolute Gasteiger partial charge is 0.118 e. The molecule has 2 aliphatic rings. The minimum atomic E-state index is 0.239. The Hall–Kier alpha value is -1.89. The third-order valence-electron chi connectivity index (χ3n) is 6.32. The number of benzene rings is 1. The van der Waals surface area contributed by atoms with Gasteiger partial charge in [-0.1, -0.05) is 6.42 Å². The molecule has 6 nitrogen and oxygen atoms in total. The summed E-state index contributed by atoms with van der Waals surface area (Å²) in [7, 11) is 1.69. The van der Waals surface area contributed by atoms with Crippen LogP contribution in [0.4, 0.5) is 0 Å². The molecule has 3 heterocycles. The van der Waals surface area contributed by atoms with Crippen molar-refractivity contribution in [3.8, 4) is 17.0 Å². The largest absolute Gasteiger partial charge is 0.497 e. The molecule has 4 rings (SSSR count). The van der Waals surface area contributed by atoms with Gasteiger partial charge in [-0.05, 0) is 63.0 Å². The highest BCUT2D eigenvalue weighted by Gasteiger charge is 2.38. The number of methoxy groups -OCH3 is 1. The van der Waals surface area contributed by atoms with Crippen LogP contribution in [0.15, 0.2) is 30.5 Å². The van der Waals surface area contributed by atoms with Crippen LogP contribution >= 0.6 is 0 Å². The maximum atomic E-state index is 5.68. The standard InChI is InChI=1S/C22H32N4O2/c1-27-20-7-5-18(6-8-20)21-19(16-24-25-21)15-23-17-22(9-13-28-14-10-22)26-11-3-2-4-12-26/h5-8,16,23H,2-4,9-15,17H2,1H3,(H,24,25). The molecule has 28 heavy (non-hydrogen) atoms. The van der Waals surface area contributed by atoms with Gasteiger partial charge < -0.3 is 14.8 Å². The molecule has 0 radical (unpaired) electrons. The molecule has 0 unspecified atom stereocenters. The van der Waals surface area contributed by atoms with E-state index >= 15 is 0 Å². The first kappa shape index (κ1) is 19.4. The minimum Gasteiger partial charge on any atom is -0.497 e. The molecule has 2 aromatic rings. The molecule has 2 N–H and O–H groups in total. The number of aromatic nitrogens is 2. The first-order valence-electron chi connectivity index (χ1n) is 10.5. The molecule has 0 bridgehead atoms. The van der Waals surface area contributed by atoms with E-state index in [0.717, 1.165) is 56.2 Å². The summed E-state index contributed by atoms with van der Waals surface area (Å²) in [6.45, 7) is 6.02. The summed E-state index contributed by atoms with van der Waals surface area (Å²) in [4.78, 5) is 2.73. The SMILES string of the molecule is COc1ccc(-c2[nH]ncc2CNCC2(N3CCCCC3)CCOCC2)cc1. The molecular weight excluding hydrogens is 352 g/mol. The molecule has 2 saturated heterocycles. The second kappa shape index (κ2) is 9.07. The van der Waals surface area contributed by atoms with E-state index < -0.39 is 0 Å². The maximum absolute atomic E-state index is 5.68. The van der Waals surface area contributed by atoms with Gasteiger partial charge in [0.15, 0.2) is 0 Å². The average Bonchev–Trinajstić information content (AvgIpc) is 3.23. The fourth-order valence-corrected chi connectivity index (χ4v) is 4.61. The van der Waals surface area contributed by atoms with E-state index in [0.29, 0.717) is 0 Å². The topological polar surface area (TPSA) is 62.4 Å². The van der Waals surface area contributed by atoms with E-state index in [1.54, 1.807) is 7.11 Å². The average molecular weight is 385 g/mol. The van der Waals surface area contributed by atoms with Crippen molar-refractivity contribution in [2.75, 3.05) is 40.0 Å². The van der Waals surface area contributed by atoms with Crippen LogP contribution in [0.25, 0.3) is 11.3 Å². The predicted octanol–water partition coefficient (Wildman–Crippen LogP) is 3.21. The number of hydrogen-bond donors (Lipinski definition) is 2. The van der Waals surface area contributed by atoms with E-state index in [1.165, 1.54) is 37.9 Å². The van der Waals surface area contributed by atoms with Crippen LogP contribution in [0, 0.1) is 0 Å². The number of aromatic amines is 1. The Morgan fingerprint density at radius 3 is 2.61 bits per heavy atom. The molecule has 0 aliphatic carbocycles. The molecule has 0 atom stereocenters. The van der Waals surface area contributed by atoms with Crippen LogP contribution in [-0.2, 0) is 11.3 Å². The highest BCUT2D eigenvalue weighted by atomic mass is 16.5. The van der Waals surface area contributed by atoms with Gasteiger partial charge in [-0.15, -0.1) is 0 Å². The Bertz CT molecular complexity index is 731. The lowest BCUT2D eigenvalue weighted by Crippen LogP contribution is -2.59. The fourth-order valence-electron chi connectivity index (χ4n) is 4.61. The Morgan fingerprint density at radius 2 is 1.89 bits per heavy atom. The summed E-state index contributed by atoms with van der Waals surface area (Å²) in [5, 5.41) is 11.2. The number of rotatable bonds is 7. The Kier molecular flexibility index (Phi) is 6.29. The number of H-pyrrole nitrogens is 1. The lowest BCUT2D eigenvalue weighted by Gasteiger charge is -2.48. The van der Waals surface area contributed by atoms with E-state index in [9.17, 15) is 0 Å². The predicted molar refractivity (Wildman–Crippen MR) is 110 cm³/mol. The summed E-state index contributed by atoms with van der Waals surface area (Å²) < 4.78 is 10.9. The molecule has 1 aromatic heterocycles. The second-order valence-electron chi connectivity index (χ2n) is 7.99. The zero-order valence-electron chi connectivity index (χ0n) is 16.9. The van der Waals surface area contributed by atoms with Gasteiger partial charge >= 0.3 is 0 Å². The zero-order valence-corrected chi connectivity index (χ0v) is 16.9. The van der Waals surface area contributed by atoms with E-state index in [4.69, 9.17) is 9.47 Å². The fraction of sp³-hybridized carbons (Fsp3) is 0.591. The van der Waals surface area contributed by atoms with Gasteiger partial charge in [0.25, 0.3) is 0 Å². The summed E-state index contributed by atoms with van der Waals surface area (Å²) in [6, 6.07) is 8.12. The molecule has 2 fully saturated rings. The highest BCUT2D eigenvalue weighted by Crippen LogP contribution is 2.31. The third kappa shape index (κ3) is 4.24. The minimum absolute atomic E-state index is 0.239. The quantitative estimate of drug-likeness (QED) is 0.768. The van der Waals surface area contributed by atoms with E-state index in [-0.39, 0.29) is 5.54 Å². The maximum Gasteiger partial charge on any atom is 0.118 e. The van der Waals surface area contributed by atoms with Gasteiger partial charge in [-0.25, -0.2) is 0 Å². The third-order valence-corrected chi connectivity index (χ3v) is 6.32. The molecular formula is C22H32N4O2. The molecule has 2 aliphatic heterocycles. The van der Waals surface area contributed by atoms with Gasteiger partial charge in [0.2, 0.25) is 0 Å². The zero-order chi connectivity index (χ0) is 19.2. The van der Waals surface area contributed by atoms with Crippen molar-refractivity contribution in [1.82, 2.24) is 20.4 Å². The van der Waals surface area contributed by atoms with Crippen LogP contribution in [0.2, 0.25) is 0 Å². The number of piperidine rings is 1. The highest BCUT2D eigenvalue weighted by molar-refractivity contribution is 5.63. The summed E-state index contributed by atoms with van der Waals surface area (Å²) in [6.07, 6.45) is 8.20. The number of nitrogens with one attached hydrogen (secondary N) is 2. The van der Waals surface area contributed by atoms with Gasteiger partial charge in [0, 0.05) is 43.0 Å². The monoisotopic (exact) mass is 384 g/mol. The van der Waals surface area contributed by atoms with E-state index in [1.807, 2.05) is 18.3 Å². The van der Waals surface area contributed by atoms with Crippen molar-refractivity contribution in [3.63, 3.8) is 0 Å². The Balaban J connectivity index is 1.41. The van der Waals surface area contributed by atoms with Crippen molar-refractivity contribution in [2.24, 2.45) is 0 Å². The Morgan fingerprint density at radius 1 is 1.14 bits per heavy atom. The van der Waals surface area contributed by atoms with Gasteiger partial charge in [-0.3, -0.25) is 10.00 Å². The normalized spacial score (nSPS) is 20.2. The molecule has 152 valence electrons. The van der Waals surface area contributed by atoms with Crippen molar-refractivity contribution in [2.45, 2.75) is 44.2 Å². The summed E-state index contributed by atoms with van der Waals surface area (Å²) in [5.41, 5.74) is 3.65. The van der Waals surface area contributed by atoms with Gasteiger partial charge in [0.05, 0.1) is 19.0 Å². The lowest BCUT2D eigenvalue weighted by molar-refractivity contribution is -0.0358. The number of nitrogens with zero attached hydrogens (tertiary/aromatic N) is 2. The number of hydrogen-bond acceptors (Lipinski definition) is 5. The van der Waals surface area contributed by atoms with Crippen molar-refractivity contribution < 1.29 is 9.47 Å². The van der Waals surface area contributed by atoms with Crippen LogP contribution in [0.5, 0.6) is 5.75 Å². The summed E-state index contributed by atoms with van der Waals surface area (Å²) in [5.74, 6) is 0.867. The van der Waals surface area contributed by atoms with Crippen LogP contribution in [-0.4, -0.2) is 60.6 Å². The molecule has 1 aromatic carbocycles. The molecule has 0 spiro atoms. The second-order valence-corrected chi connectivity index (χ2v) is 7.99. The van der Waals surface area contributed by atoms with Crippen LogP contribution in [0.3, 0.4) is 0 Å². The van der Waals surface area contributed by atoms with Crippen LogP contribution < -0.4 is 10.1 Å². The number of ether oxygens (including phenoxy) is 2. The van der Waals surface area contributed by atoms with Crippen molar-refractivity contribution in [1.29, 1.82) is 0 Å². The van der Waals surface area contributed by atoms with E-state index in [2.05, 4.69) is 32.5 Å². The first-order valence-corrected chi connectivity index (χ1v) is 10.5. The number of likely N-dealkylation sites (tertiary alicyclic amines) is 1. The van der Waals surface area contributed by atoms with Crippen molar-refractivity contribution in [3.05, 3.63) is 36.0 Å². The van der Waals surface area contributed by atoms with Crippen molar-refractivity contribution >= 4 is 0 Å². The van der Waals surface area contributed by atoms with Gasteiger partial charge in [0.1, 0.15) is 5.75 Å². The molecule has 0 saturated carbocycles. The molecule has 6 heteroatoms. The Labute approximate surface area is 167 Å². The molecule has 0 amide bonds. The lowest BCUT2D eigenvalue weighted by atomic mass is 9.86. The van der Waals surface area contributed by atoms with Crippen LogP contribution in [0.1, 0.15) is 37.7 Å². The first-order chi connectivity index (χ1) is 13.8.